The molecule has 1 unspecified atom stereocenters. The number of anilines is 1. The number of ketones is 1. The van der Waals surface area contributed by atoms with Crippen molar-refractivity contribution in [1.29, 1.82) is 0 Å². The number of Topliss-reactive ketones (excluding diaryl/α,β-unsaturated/α-hetero) is 1. The van der Waals surface area contributed by atoms with Crippen molar-refractivity contribution in [3.05, 3.63) is 96.3 Å². The molecule has 142 valence electrons. The van der Waals surface area contributed by atoms with Crippen molar-refractivity contribution in [3.8, 4) is 5.75 Å². The number of benzene rings is 3. The van der Waals surface area contributed by atoms with Crippen molar-refractivity contribution in [2.45, 2.75) is 12.5 Å². The molecule has 5 rings (SSSR count). The number of ether oxygens (including phenoxy) is 1. The highest BCUT2D eigenvalue weighted by molar-refractivity contribution is 6.00. The molecule has 0 N–H and O–H groups in total. The van der Waals surface area contributed by atoms with Crippen molar-refractivity contribution in [3.63, 3.8) is 0 Å². The standard InChI is InChI=1S/C24H17NO4/c26-20(23-14-16-8-4-6-12-21(16)28-23)15-19-18-11-5-7-13-22(18)29-24(27)25(19)17-9-2-1-3-10-17/h1-14,19H,15H2. The topological polar surface area (TPSA) is 59.8 Å². The summed E-state index contributed by atoms with van der Waals surface area (Å²) in [5.74, 6) is 0.597. The lowest BCUT2D eigenvalue weighted by molar-refractivity contribution is 0.0946. The predicted molar refractivity (Wildman–Crippen MR) is 109 cm³/mol. The van der Waals surface area contributed by atoms with Gasteiger partial charge in [0.1, 0.15) is 11.3 Å². The van der Waals surface area contributed by atoms with Crippen LogP contribution in [0.3, 0.4) is 0 Å². The molecule has 1 aromatic heterocycles. The Morgan fingerprint density at radius 2 is 1.62 bits per heavy atom. The lowest BCUT2D eigenvalue weighted by Gasteiger charge is -2.35. The summed E-state index contributed by atoms with van der Waals surface area (Å²) in [6.07, 6.45) is -0.418. The van der Waals surface area contributed by atoms with Gasteiger partial charge in [0.25, 0.3) is 0 Å². The minimum atomic E-state index is -0.502. The summed E-state index contributed by atoms with van der Waals surface area (Å²) in [7, 11) is 0. The first-order chi connectivity index (χ1) is 14.2. The normalized spacial score (nSPS) is 15.8. The average molecular weight is 383 g/mol. The SMILES string of the molecule is O=C(CC1c2ccccc2OC(=O)N1c1ccccc1)c1cc2ccccc2o1. The van der Waals surface area contributed by atoms with Crippen molar-refractivity contribution in [2.24, 2.45) is 0 Å². The maximum atomic E-state index is 13.1. The summed E-state index contributed by atoms with van der Waals surface area (Å²) >= 11 is 0. The van der Waals surface area contributed by atoms with Crippen LogP contribution in [0.1, 0.15) is 28.6 Å². The zero-order valence-corrected chi connectivity index (χ0v) is 15.4. The lowest BCUT2D eigenvalue weighted by atomic mass is 9.96. The molecule has 0 fully saturated rings. The van der Waals surface area contributed by atoms with E-state index in [2.05, 4.69) is 0 Å². The van der Waals surface area contributed by atoms with Crippen LogP contribution in [0.2, 0.25) is 0 Å². The molecule has 5 nitrogen and oxygen atoms in total. The number of para-hydroxylation sites is 3. The largest absolute Gasteiger partial charge is 0.453 e. The molecular formula is C24H17NO4. The second kappa shape index (κ2) is 6.95. The molecule has 4 aromatic rings. The van der Waals surface area contributed by atoms with E-state index in [0.717, 1.165) is 10.9 Å². The molecule has 1 aliphatic rings. The van der Waals surface area contributed by atoms with Gasteiger partial charge >= 0.3 is 6.09 Å². The minimum absolute atomic E-state index is 0.0842. The molecule has 0 bridgehead atoms. The van der Waals surface area contributed by atoms with Crippen LogP contribution in [0.15, 0.2) is 89.3 Å². The van der Waals surface area contributed by atoms with Crippen LogP contribution in [0.4, 0.5) is 10.5 Å². The van der Waals surface area contributed by atoms with Crippen molar-refractivity contribution in [1.82, 2.24) is 0 Å². The van der Waals surface area contributed by atoms with Gasteiger partial charge in [-0.2, -0.15) is 0 Å². The Bertz CT molecular complexity index is 1180. The molecule has 1 amide bonds. The molecule has 1 atom stereocenters. The second-order valence-electron chi connectivity index (χ2n) is 6.90. The fourth-order valence-corrected chi connectivity index (χ4v) is 3.73. The van der Waals surface area contributed by atoms with Gasteiger partial charge in [-0.25, -0.2) is 4.79 Å². The number of fused-ring (bicyclic) bond motifs is 2. The third kappa shape index (κ3) is 3.06. The minimum Gasteiger partial charge on any atom is -0.453 e. The molecule has 1 aliphatic heterocycles. The van der Waals surface area contributed by atoms with Gasteiger partial charge in [-0.15, -0.1) is 0 Å². The summed E-state index contributed by atoms with van der Waals surface area (Å²) in [5.41, 5.74) is 2.13. The molecule has 0 saturated carbocycles. The molecule has 0 aliphatic carbocycles. The van der Waals surface area contributed by atoms with Gasteiger partial charge < -0.3 is 9.15 Å². The summed E-state index contributed by atoms with van der Waals surface area (Å²) in [6.45, 7) is 0. The van der Waals surface area contributed by atoms with Gasteiger partial charge in [0, 0.05) is 23.1 Å². The van der Waals surface area contributed by atoms with Gasteiger partial charge in [-0.05, 0) is 30.3 Å². The third-order valence-electron chi connectivity index (χ3n) is 5.10. The zero-order chi connectivity index (χ0) is 19.8. The molecule has 0 saturated heterocycles. The van der Waals surface area contributed by atoms with E-state index in [4.69, 9.17) is 9.15 Å². The van der Waals surface area contributed by atoms with Gasteiger partial charge in [-0.1, -0.05) is 54.6 Å². The Kier molecular flexibility index (Phi) is 4.13. The number of furan rings is 1. The van der Waals surface area contributed by atoms with Crippen LogP contribution in [0.5, 0.6) is 5.75 Å². The fourth-order valence-electron chi connectivity index (χ4n) is 3.73. The molecule has 3 aromatic carbocycles. The molecule has 0 radical (unpaired) electrons. The summed E-state index contributed by atoms with van der Waals surface area (Å²) in [4.78, 5) is 27.4. The van der Waals surface area contributed by atoms with Gasteiger partial charge in [0.05, 0.1) is 6.04 Å². The number of rotatable bonds is 4. The number of hydrogen-bond acceptors (Lipinski definition) is 4. The van der Waals surface area contributed by atoms with Gasteiger partial charge in [0.15, 0.2) is 11.5 Å². The number of carbonyl (C=O) groups is 2. The monoisotopic (exact) mass is 383 g/mol. The van der Waals surface area contributed by atoms with E-state index in [1.807, 2.05) is 72.8 Å². The summed E-state index contributed by atoms with van der Waals surface area (Å²) in [6, 6.07) is 25.3. The van der Waals surface area contributed by atoms with Crippen LogP contribution in [-0.2, 0) is 0 Å². The Hall–Kier alpha value is -3.86. The number of hydrogen-bond donors (Lipinski definition) is 0. The molecular weight excluding hydrogens is 366 g/mol. The first kappa shape index (κ1) is 17.3. The van der Waals surface area contributed by atoms with E-state index >= 15 is 0 Å². The highest BCUT2D eigenvalue weighted by atomic mass is 16.6. The van der Waals surface area contributed by atoms with Crippen LogP contribution >= 0.6 is 0 Å². The molecule has 2 heterocycles. The highest BCUT2D eigenvalue weighted by Crippen LogP contribution is 2.40. The van der Waals surface area contributed by atoms with Crippen LogP contribution < -0.4 is 9.64 Å². The Balaban J connectivity index is 1.55. The summed E-state index contributed by atoms with van der Waals surface area (Å²) < 4.78 is 11.3. The highest BCUT2D eigenvalue weighted by Gasteiger charge is 2.37. The molecule has 0 spiro atoms. The fraction of sp³-hybridized carbons (Fsp3) is 0.0833. The van der Waals surface area contributed by atoms with E-state index in [1.165, 1.54) is 4.90 Å². The molecule has 5 heteroatoms. The van der Waals surface area contributed by atoms with E-state index < -0.39 is 12.1 Å². The van der Waals surface area contributed by atoms with E-state index in [9.17, 15) is 9.59 Å². The van der Waals surface area contributed by atoms with Crippen molar-refractivity contribution < 1.29 is 18.7 Å². The predicted octanol–water partition coefficient (Wildman–Crippen LogP) is 5.77. The third-order valence-corrected chi connectivity index (χ3v) is 5.10. The van der Waals surface area contributed by atoms with Crippen LogP contribution in [0, 0.1) is 0 Å². The van der Waals surface area contributed by atoms with Gasteiger partial charge in [-0.3, -0.25) is 9.69 Å². The summed E-state index contributed by atoms with van der Waals surface area (Å²) in [5, 5.41) is 0.874. The maximum Gasteiger partial charge on any atom is 0.420 e. The van der Waals surface area contributed by atoms with Crippen LogP contribution in [0.25, 0.3) is 11.0 Å². The van der Waals surface area contributed by atoms with E-state index in [-0.39, 0.29) is 18.0 Å². The Labute approximate surface area is 167 Å². The molecule has 29 heavy (non-hydrogen) atoms. The van der Waals surface area contributed by atoms with E-state index in [1.54, 1.807) is 12.1 Å². The van der Waals surface area contributed by atoms with E-state index in [0.29, 0.717) is 17.0 Å². The van der Waals surface area contributed by atoms with Crippen molar-refractivity contribution >= 4 is 28.5 Å². The maximum absolute atomic E-state index is 13.1. The zero-order valence-electron chi connectivity index (χ0n) is 15.4. The number of amides is 1. The second-order valence-corrected chi connectivity index (χ2v) is 6.90. The smallest absolute Gasteiger partial charge is 0.420 e. The Morgan fingerprint density at radius 1 is 0.897 bits per heavy atom. The van der Waals surface area contributed by atoms with Crippen molar-refractivity contribution in [2.75, 3.05) is 4.90 Å². The first-order valence-electron chi connectivity index (χ1n) is 9.37. The lowest BCUT2D eigenvalue weighted by Crippen LogP contribution is -2.41. The number of carbonyl (C=O) groups excluding carboxylic acids is 2. The first-order valence-corrected chi connectivity index (χ1v) is 9.37. The average Bonchev–Trinajstić information content (AvgIpc) is 3.19. The number of nitrogens with zero attached hydrogens (tertiary/aromatic N) is 1. The quantitative estimate of drug-likeness (QED) is 0.420. The van der Waals surface area contributed by atoms with Gasteiger partial charge in [0.2, 0.25) is 0 Å². The van der Waals surface area contributed by atoms with Crippen LogP contribution in [-0.4, -0.2) is 11.9 Å². The Morgan fingerprint density at radius 3 is 2.45 bits per heavy atom.